The van der Waals surface area contributed by atoms with Crippen LogP contribution in [0.3, 0.4) is 0 Å². The molecule has 5 aromatic rings. The van der Waals surface area contributed by atoms with Crippen LogP contribution in [0.25, 0.3) is 0 Å². The average molecular weight is 1060 g/mol. The van der Waals surface area contributed by atoms with Gasteiger partial charge in [-0.2, -0.15) is 4.39 Å². The van der Waals surface area contributed by atoms with Crippen LogP contribution < -0.4 is 36.5 Å². The van der Waals surface area contributed by atoms with Crippen LogP contribution in [0.15, 0.2) is 107 Å². The third-order valence-electron chi connectivity index (χ3n) is 12.4. The summed E-state index contributed by atoms with van der Waals surface area (Å²) in [4.78, 5) is 114. The molecule has 396 valence electrons. The van der Waals surface area contributed by atoms with Crippen LogP contribution in [-0.4, -0.2) is 110 Å². The Morgan fingerprint density at radius 3 is 2.21 bits per heavy atom. The molecule has 0 spiro atoms. The van der Waals surface area contributed by atoms with Crippen molar-refractivity contribution in [2.45, 2.75) is 86.3 Å². The number of pyridine rings is 1. The van der Waals surface area contributed by atoms with Crippen LogP contribution in [0, 0.1) is 15.9 Å². The van der Waals surface area contributed by atoms with E-state index in [1.807, 2.05) is 0 Å². The Kier molecular flexibility index (Phi) is 19.2. The van der Waals surface area contributed by atoms with E-state index in [0.29, 0.717) is 46.1 Å². The molecule has 1 aliphatic carbocycles. The number of carbonyl (C=O) groups excluding carboxylic acids is 8. The SMILES string of the molecule is Cn1nnnc1Sc1ccc([N+](=O)[O-])cc1C(=O)Nc1c(F)cc(C2CCCC2)c[n+]1Cc1ccc(NC(=O)CNC(=O)[C@H](Cc2ccccc2)NC(=O)CNC(=O)CNC(=O)CCCCCN2C(=O)C=CC2=O)cc1. The number of aromatic nitrogens is 5. The van der Waals surface area contributed by atoms with Crippen molar-refractivity contribution >= 4 is 76.2 Å². The number of nitro benzene ring substituents is 1. The van der Waals surface area contributed by atoms with Gasteiger partial charge in [-0.25, -0.2) is 19.4 Å². The number of benzene rings is 3. The number of carbonyl (C=O) groups is 8. The van der Waals surface area contributed by atoms with Gasteiger partial charge in [-0.1, -0.05) is 61.7 Å². The van der Waals surface area contributed by atoms with E-state index in [0.717, 1.165) is 54.0 Å². The van der Waals surface area contributed by atoms with E-state index in [1.54, 1.807) is 72.4 Å². The highest BCUT2D eigenvalue weighted by Crippen LogP contribution is 2.35. The number of nitro groups is 1. The molecule has 0 unspecified atom stereocenters. The van der Waals surface area contributed by atoms with E-state index in [1.165, 1.54) is 35.0 Å². The van der Waals surface area contributed by atoms with Crippen molar-refractivity contribution in [1.82, 2.24) is 46.4 Å². The van der Waals surface area contributed by atoms with Crippen LogP contribution in [0.2, 0.25) is 0 Å². The van der Waals surface area contributed by atoms with Crippen LogP contribution in [0.4, 0.5) is 21.6 Å². The summed E-state index contributed by atoms with van der Waals surface area (Å²) in [7, 11) is 1.59. The van der Waals surface area contributed by atoms with Crippen molar-refractivity contribution in [2.75, 3.05) is 36.8 Å². The van der Waals surface area contributed by atoms with Gasteiger partial charge in [-0.15, -0.1) is 5.10 Å². The molecule has 2 aliphatic rings. The van der Waals surface area contributed by atoms with Gasteiger partial charge >= 0.3 is 11.7 Å². The number of unbranched alkanes of at least 4 members (excludes halogenated alkanes) is 2. The second-order valence-corrected chi connectivity index (χ2v) is 19.0. The average Bonchev–Trinajstić information content (AvgIpc) is 4.17. The van der Waals surface area contributed by atoms with Crippen molar-refractivity contribution in [3.8, 4) is 0 Å². The second kappa shape index (κ2) is 26.5. The maximum absolute atomic E-state index is 16.2. The van der Waals surface area contributed by atoms with Gasteiger partial charge in [0.25, 0.3) is 17.5 Å². The first kappa shape index (κ1) is 55.0. The number of amides is 8. The van der Waals surface area contributed by atoms with E-state index in [4.69, 9.17) is 0 Å². The zero-order valence-corrected chi connectivity index (χ0v) is 42.1. The summed E-state index contributed by atoms with van der Waals surface area (Å²) < 4.78 is 19.2. The summed E-state index contributed by atoms with van der Waals surface area (Å²) in [6, 6.07) is 19.5. The summed E-state index contributed by atoms with van der Waals surface area (Å²) in [5.41, 5.74) is 2.04. The molecule has 7 rings (SSSR count). The van der Waals surface area contributed by atoms with Gasteiger partial charge in [0.15, 0.2) is 0 Å². The molecule has 25 heteroatoms. The van der Waals surface area contributed by atoms with Gasteiger partial charge in [0, 0.05) is 61.3 Å². The van der Waals surface area contributed by atoms with Gasteiger partial charge in [-0.05, 0) is 94.7 Å². The number of non-ortho nitro benzene ring substituents is 1. The molecule has 1 atom stereocenters. The molecule has 2 aromatic heterocycles. The Labute approximate surface area is 439 Å². The lowest BCUT2D eigenvalue weighted by atomic mass is 9.99. The molecule has 0 saturated heterocycles. The summed E-state index contributed by atoms with van der Waals surface area (Å²) in [5, 5.41) is 38.8. The van der Waals surface area contributed by atoms with Crippen LogP contribution in [0.1, 0.15) is 84.3 Å². The molecular formula is C51H55FN13O10S+. The number of nitrogens with one attached hydrogen (secondary N) is 6. The lowest BCUT2D eigenvalue weighted by Crippen LogP contribution is -2.52. The number of rotatable bonds is 25. The topological polar surface area (TPSA) is 303 Å². The Morgan fingerprint density at radius 1 is 0.816 bits per heavy atom. The fourth-order valence-corrected chi connectivity index (χ4v) is 9.27. The predicted octanol–water partition coefficient (Wildman–Crippen LogP) is 3.15. The third-order valence-corrected chi connectivity index (χ3v) is 13.5. The molecule has 1 saturated carbocycles. The van der Waals surface area contributed by atoms with Crippen molar-refractivity contribution < 1.29 is 52.2 Å². The molecular weight excluding hydrogens is 1010 g/mol. The molecule has 8 amide bonds. The fraction of sp³-hybridized carbons (Fsp3) is 0.333. The highest BCUT2D eigenvalue weighted by Gasteiger charge is 2.30. The van der Waals surface area contributed by atoms with Gasteiger partial charge in [0.1, 0.15) is 12.6 Å². The standard InChI is InChI=1S/C51H54FN13O10S/c1-62-51(59-60-61-62)76-41-20-19-37(65(74)75)26-38(41)49(72)58-48-39(52)25-35(34-12-7-8-13-34)31-63(48)30-33-15-17-36(18-16-33)56-44(68)29-55-50(73)40(24-32-10-4-2-5-11-32)57-45(69)28-54-43(67)27-53-42(66)14-6-3-9-23-64-46(70)21-22-47(64)71/h2,4-5,10-11,15-22,25-26,31,34,40H,3,6-9,12-14,23-24,27-30H2,1H3,(H5,53,54,55,56,57,66,67,68,69,73)/p+1/t40-/m0/s1. The predicted molar refractivity (Wildman–Crippen MR) is 271 cm³/mol. The third kappa shape index (κ3) is 15.6. The number of nitrogens with zero attached hydrogens (tertiary/aromatic N) is 7. The summed E-state index contributed by atoms with van der Waals surface area (Å²) >= 11 is 1.00. The van der Waals surface area contributed by atoms with Crippen molar-refractivity contribution in [3.05, 3.63) is 135 Å². The van der Waals surface area contributed by atoms with E-state index in [-0.39, 0.29) is 60.7 Å². The van der Waals surface area contributed by atoms with Gasteiger partial charge in [-0.3, -0.25) is 48.6 Å². The number of hydrogen-bond acceptors (Lipinski definition) is 14. The lowest BCUT2D eigenvalue weighted by molar-refractivity contribution is -0.675. The van der Waals surface area contributed by atoms with E-state index in [2.05, 4.69) is 47.4 Å². The smallest absolute Gasteiger partial charge is 0.340 e. The van der Waals surface area contributed by atoms with Crippen LogP contribution >= 0.6 is 11.8 Å². The first-order valence-electron chi connectivity index (χ1n) is 24.4. The Hall–Kier alpha value is -8.74. The normalized spacial score (nSPS) is 13.5. The Balaban J connectivity index is 0.919. The van der Waals surface area contributed by atoms with Crippen LogP contribution in [0.5, 0.6) is 0 Å². The van der Waals surface area contributed by atoms with Gasteiger partial charge in [0.2, 0.25) is 40.5 Å². The fourth-order valence-electron chi connectivity index (χ4n) is 8.43. The van der Waals surface area contributed by atoms with E-state index < -0.39 is 71.9 Å². The first-order valence-corrected chi connectivity index (χ1v) is 25.2. The summed E-state index contributed by atoms with van der Waals surface area (Å²) in [6.45, 7) is -1.05. The second-order valence-electron chi connectivity index (χ2n) is 18.0. The molecule has 0 radical (unpaired) electrons. The largest absolute Gasteiger partial charge is 0.347 e. The highest BCUT2D eigenvalue weighted by atomic mass is 32.2. The molecule has 0 bridgehead atoms. The zero-order chi connectivity index (χ0) is 54.1. The van der Waals surface area contributed by atoms with Crippen LogP contribution in [-0.2, 0) is 53.6 Å². The minimum Gasteiger partial charge on any atom is -0.347 e. The number of anilines is 2. The minimum atomic E-state index is -1.14. The quantitative estimate of drug-likeness (QED) is 0.0161. The molecule has 3 heterocycles. The Bertz CT molecular complexity index is 3000. The maximum Gasteiger partial charge on any atom is 0.340 e. The lowest BCUT2D eigenvalue weighted by Gasteiger charge is -2.19. The monoisotopic (exact) mass is 1060 g/mol. The van der Waals surface area contributed by atoms with Crippen molar-refractivity contribution in [3.63, 3.8) is 0 Å². The van der Waals surface area contributed by atoms with Gasteiger partial charge < -0.3 is 26.6 Å². The zero-order valence-electron chi connectivity index (χ0n) is 41.3. The molecule has 76 heavy (non-hydrogen) atoms. The molecule has 3 aromatic carbocycles. The molecule has 1 fully saturated rings. The van der Waals surface area contributed by atoms with Gasteiger partial charge in [0.05, 0.1) is 36.3 Å². The minimum absolute atomic E-state index is 0.0561. The summed E-state index contributed by atoms with van der Waals surface area (Å²) in [6.07, 6.45) is 9.66. The number of imide groups is 1. The highest BCUT2D eigenvalue weighted by molar-refractivity contribution is 7.99. The number of hydrogen-bond donors (Lipinski definition) is 6. The summed E-state index contributed by atoms with van der Waals surface area (Å²) in [5.74, 6) is -5.32. The van der Waals surface area contributed by atoms with Crippen molar-refractivity contribution in [2.24, 2.45) is 7.05 Å². The molecule has 6 N–H and O–H groups in total. The maximum atomic E-state index is 16.2. The van der Waals surface area contributed by atoms with Crippen molar-refractivity contribution in [1.29, 1.82) is 0 Å². The van der Waals surface area contributed by atoms with E-state index in [9.17, 15) is 48.5 Å². The van der Waals surface area contributed by atoms with E-state index >= 15 is 4.39 Å². The number of tetrazole rings is 1. The number of halogens is 1. The molecule has 1 aliphatic heterocycles. The first-order chi connectivity index (χ1) is 36.6. The Morgan fingerprint density at radius 2 is 1.51 bits per heavy atom. The molecule has 23 nitrogen and oxygen atoms in total. The number of aryl methyl sites for hydroxylation is 1.